The van der Waals surface area contributed by atoms with E-state index in [1.165, 1.54) is 218 Å². The predicted octanol–water partition coefficient (Wildman–Crippen LogP) is 24.6. The standard InChI is InChI=1S/C83H158O17P2/c1-7-9-11-13-15-17-19-20-23-31-37-43-49-55-61-67-82(87)99-78(71-93-80(85)65-59-53-47-41-33-18-16-14-12-10-8-2)73-97-101(89,90)95-69-77(84)70-96-102(91,92)98-74-79(72-94-81(86)66-60-54-48-42-36-30-27-26-29-35-40-46-52-58-64-76(5)6)100-83(88)68-62-56-50-44-38-32-25-22-21-24-28-34-39-45-51-57-63-75(3)4/h17,19-20,23,75-79,84H,7-16,18,21-22,24-74H2,1-6H3,(H,89,90)(H,91,92)/b19-17-,23-20-/t77-,78+,79+/m0/s1. The summed E-state index contributed by atoms with van der Waals surface area (Å²) in [6.07, 6.45) is 67.3. The van der Waals surface area contributed by atoms with Crippen molar-refractivity contribution in [3.05, 3.63) is 24.3 Å². The lowest BCUT2D eigenvalue weighted by Crippen LogP contribution is -2.30. The van der Waals surface area contributed by atoms with Gasteiger partial charge in [-0.25, -0.2) is 9.13 Å². The quantitative estimate of drug-likeness (QED) is 0.0169. The van der Waals surface area contributed by atoms with Gasteiger partial charge in [0, 0.05) is 25.7 Å². The Morgan fingerprint density at radius 3 is 0.804 bits per heavy atom. The van der Waals surface area contributed by atoms with E-state index in [4.69, 9.17) is 37.0 Å². The molecule has 19 heteroatoms. The van der Waals surface area contributed by atoms with Gasteiger partial charge < -0.3 is 33.8 Å². The largest absolute Gasteiger partial charge is 0.472 e. The van der Waals surface area contributed by atoms with Gasteiger partial charge in [-0.3, -0.25) is 37.3 Å². The van der Waals surface area contributed by atoms with Crippen LogP contribution >= 0.6 is 15.6 Å². The fourth-order valence-corrected chi connectivity index (χ4v) is 13.9. The van der Waals surface area contributed by atoms with Gasteiger partial charge in [0.15, 0.2) is 12.2 Å². The second kappa shape index (κ2) is 74.0. The van der Waals surface area contributed by atoms with Crippen LogP contribution in [0.1, 0.15) is 414 Å². The number of carbonyl (C=O) groups is 4. The van der Waals surface area contributed by atoms with Crippen LogP contribution in [0.4, 0.5) is 0 Å². The van der Waals surface area contributed by atoms with Crippen LogP contribution in [0, 0.1) is 11.8 Å². The molecule has 0 radical (unpaired) electrons. The molecule has 0 saturated heterocycles. The van der Waals surface area contributed by atoms with E-state index >= 15 is 0 Å². The zero-order valence-corrected chi connectivity index (χ0v) is 68.2. The zero-order chi connectivity index (χ0) is 74.9. The van der Waals surface area contributed by atoms with E-state index in [0.29, 0.717) is 25.7 Å². The fourth-order valence-electron chi connectivity index (χ4n) is 12.3. The van der Waals surface area contributed by atoms with Gasteiger partial charge in [0.2, 0.25) is 0 Å². The van der Waals surface area contributed by atoms with Gasteiger partial charge >= 0.3 is 39.5 Å². The lowest BCUT2D eigenvalue weighted by Gasteiger charge is -2.21. The highest BCUT2D eigenvalue weighted by atomic mass is 31.2. The fraction of sp³-hybridized carbons (Fsp3) is 0.904. The van der Waals surface area contributed by atoms with Crippen molar-refractivity contribution in [2.45, 2.75) is 432 Å². The molecular formula is C83H158O17P2. The van der Waals surface area contributed by atoms with Crippen LogP contribution in [0.5, 0.6) is 0 Å². The highest BCUT2D eigenvalue weighted by molar-refractivity contribution is 7.47. The Balaban J connectivity index is 5.28. The van der Waals surface area contributed by atoms with Crippen molar-refractivity contribution in [2.75, 3.05) is 39.6 Å². The number of allylic oxidation sites excluding steroid dienone is 4. The van der Waals surface area contributed by atoms with E-state index < -0.39 is 97.5 Å². The topological polar surface area (TPSA) is 237 Å². The summed E-state index contributed by atoms with van der Waals surface area (Å²) in [5.74, 6) is -0.530. The molecule has 0 spiro atoms. The summed E-state index contributed by atoms with van der Waals surface area (Å²) < 4.78 is 68.7. The molecule has 0 aliphatic heterocycles. The number of esters is 4. The summed E-state index contributed by atoms with van der Waals surface area (Å²) in [5.41, 5.74) is 0. The molecule has 0 fully saturated rings. The highest BCUT2D eigenvalue weighted by Crippen LogP contribution is 2.45. The van der Waals surface area contributed by atoms with Crippen molar-refractivity contribution in [3.8, 4) is 0 Å². The van der Waals surface area contributed by atoms with Gasteiger partial charge in [0.1, 0.15) is 19.3 Å². The van der Waals surface area contributed by atoms with E-state index in [9.17, 15) is 43.2 Å². The summed E-state index contributed by atoms with van der Waals surface area (Å²) in [7, 11) is -9.94. The second-order valence-electron chi connectivity index (χ2n) is 30.1. The number of hydrogen-bond donors (Lipinski definition) is 3. The van der Waals surface area contributed by atoms with Crippen LogP contribution in [0.2, 0.25) is 0 Å². The van der Waals surface area contributed by atoms with Crippen LogP contribution in [0.15, 0.2) is 24.3 Å². The third kappa shape index (κ3) is 75.8. The molecule has 102 heavy (non-hydrogen) atoms. The monoisotopic (exact) mass is 1490 g/mol. The Kier molecular flexibility index (Phi) is 72.2. The van der Waals surface area contributed by atoms with Crippen molar-refractivity contribution in [2.24, 2.45) is 11.8 Å². The molecule has 0 aromatic rings. The summed E-state index contributed by atoms with van der Waals surface area (Å²) in [5, 5.41) is 10.7. The van der Waals surface area contributed by atoms with Crippen molar-refractivity contribution in [3.63, 3.8) is 0 Å². The molecule has 0 bridgehead atoms. The highest BCUT2D eigenvalue weighted by Gasteiger charge is 2.30. The molecule has 602 valence electrons. The SMILES string of the molecule is CCCCCC/C=C\C=C/CCCCCCCC(=O)O[C@H](COC(=O)CCCCCCCCCCCCC)COP(=O)(O)OC[C@H](O)COP(=O)(O)OC[C@@H](COC(=O)CCCCCCCCCCCCCCCCC(C)C)OC(=O)CCCCCCCCCCCCCCCCCCC(C)C. The van der Waals surface area contributed by atoms with Crippen LogP contribution in [-0.4, -0.2) is 96.7 Å². The smallest absolute Gasteiger partial charge is 0.462 e. The Bertz CT molecular complexity index is 2050. The first-order chi connectivity index (χ1) is 49.4. The number of carbonyl (C=O) groups excluding carboxylic acids is 4. The Hall–Kier alpha value is -2.46. The van der Waals surface area contributed by atoms with E-state index in [1.54, 1.807) is 0 Å². The minimum absolute atomic E-state index is 0.0854. The Morgan fingerprint density at radius 1 is 0.304 bits per heavy atom. The predicted molar refractivity (Wildman–Crippen MR) is 418 cm³/mol. The third-order valence-electron chi connectivity index (χ3n) is 18.8. The molecule has 2 unspecified atom stereocenters. The van der Waals surface area contributed by atoms with Crippen molar-refractivity contribution in [1.82, 2.24) is 0 Å². The molecule has 0 rings (SSSR count). The number of ether oxygens (including phenoxy) is 4. The normalized spacial score (nSPS) is 14.0. The number of phosphoric ester groups is 2. The maximum atomic E-state index is 13.1. The maximum Gasteiger partial charge on any atom is 0.472 e. The number of phosphoric acid groups is 2. The lowest BCUT2D eigenvalue weighted by molar-refractivity contribution is -0.161. The lowest BCUT2D eigenvalue weighted by atomic mass is 10.0. The number of hydrogen-bond acceptors (Lipinski definition) is 15. The first-order valence-corrected chi connectivity index (χ1v) is 45.3. The molecule has 0 saturated carbocycles. The molecule has 0 heterocycles. The molecule has 0 aromatic heterocycles. The van der Waals surface area contributed by atoms with Gasteiger partial charge in [-0.1, -0.05) is 361 Å². The van der Waals surface area contributed by atoms with Crippen molar-refractivity contribution < 1.29 is 80.2 Å². The number of rotatable bonds is 80. The zero-order valence-electron chi connectivity index (χ0n) is 66.4. The third-order valence-corrected chi connectivity index (χ3v) is 20.7. The van der Waals surface area contributed by atoms with Crippen LogP contribution in [-0.2, 0) is 65.4 Å². The minimum Gasteiger partial charge on any atom is -0.462 e. The van der Waals surface area contributed by atoms with Gasteiger partial charge in [-0.15, -0.1) is 0 Å². The average Bonchev–Trinajstić information content (AvgIpc) is 0.921. The molecular weight excluding hydrogens is 1330 g/mol. The molecule has 0 aliphatic rings. The van der Waals surface area contributed by atoms with Gasteiger partial charge in [-0.2, -0.15) is 0 Å². The maximum absolute atomic E-state index is 13.1. The molecule has 0 aliphatic carbocycles. The first-order valence-electron chi connectivity index (χ1n) is 42.3. The first kappa shape index (κ1) is 99.5. The van der Waals surface area contributed by atoms with E-state index in [-0.39, 0.29) is 25.7 Å². The molecule has 5 atom stereocenters. The molecule has 0 amide bonds. The number of unbranched alkanes of at least 4 members (excludes halogenated alkanes) is 47. The van der Waals surface area contributed by atoms with E-state index in [0.717, 1.165) is 115 Å². The molecule has 0 aromatic carbocycles. The average molecular weight is 1490 g/mol. The van der Waals surface area contributed by atoms with Crippen molar-refractivity contribution >= 4 is 39.5 Å². The van der Waals surface area contributed by atoms with E-state index in [2.05, 4.69) is 65.8 Å². The molecule has 17 nitrogen and oxygen atoms in total. The number of aliphatic hydroxyl groups excluding tert-OH is 1. The van der Waals surface area contributed by atoms with Crippen molar-refractivity contribution in [1.29, 1.82) is 0 Å². The van der Waals surface area contributed by atoms with Crippen LogP contribution in [0.3, 0.4) is 0 Å². The minimum atomic E-state index is -4.97. The Morgan fingerprint density at radius 2 is 0.529 bits per heavy atom. The van der Waals surface area contributed by atoms with Crippen LogP contribution in [0.25, 0.3) is 0 Å². The van der Waals surface area contributed by atoms with Gasteiger partial charge in [0.05, 0.1) is 26.4 Å². The summed E-state index contributed by atoms with van der Waals surface area (Å²) in [6.45, 7) is 9.63. The van der Waals surface area contributed by atoms with Crippen LogP contribution < -0.4 is 0 Å². The summed E-state index contributed by atoms with van der Waals surface area (Å²) in [4.78, 5) is 73.1. The summed E-state index contributed by atoms with van der Waals surface area (Å²) >= 11 is 0. The van der Waals surface area contributed by atoms with E-state index in [1.807, 2.05) is 0 Å². The van der Waals surface area contributed by atoms with Gasteiger partial charge in [-0.05, 0) is 63.2 Å². The van der Waals surface area contributed by atoms with Gasteiger partial charge in [0.25, 0.3) is 0 Å². The Labute approximate surface area is 624 Å². The second-order valence-corrected chi connectivity index (χ2v) is 33.0. The molecule has 3 N–H and O–H groups in total. The summed E-state index contributed by atoms with van der Waals surface area (Å²) in [6, 6.07) is 0. The number of aliphatic hydroxyl groups is 1.